The molecule has 1 N–H and O–H groups in total. The van der Waals surface area contributed by atoms with Gasteiger partial charge in [0.1, 0.15) is 11.6 Å². The Kier molecular flexibility index (Phi) is 5.91. The second-order valence-corrected chi connectivity index (χ2v) is 4.62. The molecular formula is C13H23N3O. The molecule has 0 aliphatic rings. The zero-order valence-electron chi connectivity index (χ0n) is 11.3. The van der Waals surface area contributed by atoms with Gasteiger partial charge in [0, 0.05) is 26.1 Å². The van der Waals surface area contributed by atoms with Crippen molar-refractivity contribution in [2.24, 2.45) is 5.92 Å². The van der Waals surface area contributed by atoms with Gasteiger partial charge >= 0.3 is 0 Å². The fourth-order valence-corrected chi connectivity index (χ4v) is 1.57. The van der Waals surface area contributed by atoms with E-state index >= 15 is 0 Å². The van der Waals surface area contributed by atoms with Crippen molar-refractivity contribution in [1.29, 1.82) is 0 Å². The number of rotatable bonds is 7. The Morgan fingerprint density at radius 3 is 2.71 bits per heavy atom. The third-order valence-corrected chi connectivity index (χ3v) is 2.26. The van der Waals surface area contributed by atoms with Gasteiger partial charge < -0.3 is 10.1 Å². The highest BCUT2D eigenvalue weighted by Crippen LogP contribution is 2.11. The van der Waals surface area contributed by atoms with E-state index in [2.05, 4.69) is 36.1 Å². The number of methoxy groups -OCH3 is 1. The van der Waals surface area contributed by atoms with Gasteiger partial charge in [0.15, 0.2) is 0 Å². The van der Waals surface area contributed by atoms with Gasteiger partial charge in [-0.05, 0) is 12.3 Å². The summed E-state index contributed by atoms with van der Waals surface area (Å²) >= 11 is 0. The van der Waals surface area contributed by atoms with Gasteiger partial charge in [0.05, 0.1) is 12.3 Å². The molecule has 0 saturated heterocycles. The monoisotopic (exact) mass is 237 g/mol. The maximum Gasteiger partial charge on any atom is 0.131 e. The zero-order valence-corrected chi connectivity index (χ0v) is 11.3. The van der Waals surface area contributed by atoms with Gasteiger partial charge in [-0.2, -0.15) is 0 Å². The maximum absolute atomic E-state index is 5.13. The van der Waals surface area contributed by atoms with Crippen molar-refractivity contribution in [3.8, 4) is 0 Å². The van der Waals surface area contributed by atoms with E-state index in [0.29, 0.717) is 12.5 Å². The fraction of sp³-hybridized carbons (Fsp3) is 0.692. The van der Waals surface area contributed by atoms with Crippen molar-refractivity contribution in [2.45, 2.75) is 40.2 Å². The molecule has 1 rings (SSSR count). The Bertz CT molecular complexity index is 339. The van der Waals surface area contributed by atoms with Crippen LogP contribution in [0.15, 0.2) is 6.07 Å². The van der Waals surface area contributed by atoms with Crippen LogP contribution < -0.4 is 5.32 Å². The number of anilines is 1. The van der Waals surface area contributed by atoms with E-state index in [1.165, 1.54) is 0 Å². The second-order valence-electron chi connectivity index (χ2n) is 4.62. The summed E-state index contributed by atoms with van der Waals surface area (Å²) in [5, 5.41) is 3.30. The van der Waals surface area contributed by atoms with E-state index in [9.17, 15) is 0 Å². The third kappa shape index (κ3) is 5.13. The molecule has 4 nitrogen and oxygen atoms in total. The van der Waals surface area contributed by atoms with Gasteiger partial charge in [-0.3, -0.25) is 0 Å². The van der Waals surface area contributed by atoms with Crippen LogP contribution in [0.4, 0.5) is 5.82 Å². The van der Waals surface area contributed by atoms with Crippen molar-refractivity contribution >= 4 is 5.82 Å². The maximum atomic E-state index is 5.13. The van der Waals surface area contributed by atoms with Crippen LogP contribution in [-0.2, 0) is 17.8 Å². The van der Waals surface area contributed by atoms with Gasteiger partial charge in [-0.15, -0.1) is 0 Å². The number of nitrogens with zero attached hydrogens (tertiary/aromatic N) is 2. The molecule has 1 heterocycles. The highest BCUT2D eigenvalue weighted by atomic mass is 16.5. The van der Waals surface area contributed by atoms with E-state index in [4.69, 9.17) is 4.74 Å². The third-order valence-electron chi connectivity index (χ3n) is 2.26. The predicted octanol–water partition coefficient (Wildman–Crippen LogP) is 2.64. The molecular weight excluding hydrogens is 214 g/mol. The Hall–Kier alpha value is -1.16. The molecule has 1 aromatic heterocycles. The number of aromatic nitrogens is 2. The molecule has 96 valence electrons. The predicted molar refractivity (Wildman–Crippen MR) is 70.1 cm³/mol. The first kappa shape index (κ1) is 13.9. The van der Waals surface area contributed by atoms with E-state index in [-0.39, 0.29) is 0 Å². The summed E-state index contributed by atoms with van der Waals surface area (Å²) < 4.78 is 5.13. The van der Waals surface area contributed by atoms with Crippen molar-refractivity contribution < 1.29 is 4.74 Å². The second kappa shape index (κ2) is 7.22. The summed E-state index contributed by atoms with van der Waals surface area (Å²) in [6, 6.07) is 1.96. The minimum absolute atomic E-state index is 0.536. The summed E-state index contributed by atoms with van der Waals surface area (Å²) in [6.45, 7) is 7.95. The smallest absolute Gasteiger partial charge is 0.131 e. The Balaban J connectivity index is 2.84. The van der Waals surface area contributed by atoms with Crippen LogP contribution in [0, 0.1) is 5.92 Å². The van der Waals surface area contributed by atoms with Crippen LogP contribution in [0.5, 0.6) is 0 Å². The van der Waals surface area contributed by atoms with Crippen molar-refractivity contribution in [3.63, 3.8) is 0 Å². The molecule has 0 atom stereocenters. The van der Waals surface area contributed by atoms with E-state index in [1.807, 2.05) is 6.07 Å². The molecule has 0 radical (unpaired) electrons. The summed E-state index contributed by atoms with van der Waals surface area (Å²) in [5.41, 5.74) is 0.941. The van der Waals surface area contributed by atoms with Gasteiger partial charge in [0.2, 0.25) is 0 Å². The SMILES string of the molecule is CCCNc1cc(COC)nc(CC(C)C)n1. The van der Waals surface area contributed by atoms with E-state index < -0.39 is 0 Å². The summed E-state index contributed by atoms with van der Waals surface area (Å²) in [5.74, 6) is 2.37. The molecule has 0 spiro atoms. The number of hydrogen-bond acceptors (Lipinski definition) is 4. The minimum atomic E-state index is 0.536. The lowest BCUT2D eigenvalue weighted by molar-refractivity contribution is 0.181. The first-order chi connectivity index (χ1) is 8.15. The van der Waals surface area contributed by atoms with Crippen LogP contribution >= 0.6 is 0 Å². The summed E-state index contributed by atoms with van der Waals surface area (Å²) in [4.78, 5) is 9.01. The quantitative estimate of drug-likeness (QED) is 0.792. The topological polar surface area (TPSA) is 47.0 Å². The van der Waals surface area contributed by atoms with Crippen molar-refractivity contribution in [2.75, 3.05) is 19.0 Å². The lowest BCUT2D eigenvalue weighted by atomic mass is 10.1. The first-order valence-electron chi connectivity index (χ1n) is 6.25. The van der Waals surface area contributed by atoms with Crippen LogP contribution in [0.1, 0.15) is 38.7 Å². The van der Waals surface area contributed by atoms with Gasteiger partial charge in [-0.1, -0.05) is 20.8 Å². The molecule has 0 aliphatic carbocycles. The van der Waals surface area contributed by atoms with Crippen LogP contribution in [0.2, 0.25) is 0 Å². The fourth-order valence-electron chi connectivity index (χ4n) is 1.57. The standard InChI is InChI=1S/C13H23N3O/c1-5-6-14-12-8-11(9-17-4)15-13(16-12)7-10(2)3/h8,10H,5-7,9H2,1-4H3,(H,14,15,16). The highest BCUT2D eigenvalue weighted by Gasteiger charge is 2.06. The van der Waals surface area contributed by atoms with Crippen molar-refractivity contribution in [3.05, 3.63) is 17.6 Å². The van der Waals surface area contributed by atoms with Crippen LogP contribution in [0.25, 0.3) is 0 Å². The summed E-state index contributed by atoms with van der Waals surface area (Å²) in [7, 11) is 1.68. The lowest BCUT2D eigenvalue weighted by Gasteiger charge is -2.10. The molecule has 0 aliphatic heterocycles. The molecule has 1 aromatic rings. The number of hydrogen-bond donors (Lipinski definition) is 1. The lowest BCUT2D eigenvalue weighted by Crippen LogP contribution is -2.09. The van der Waals surface area contributed by atoms with E-state index in [0.717, 1.165) is 36.7 Å². The Labute approximate surface area is 104 Å². The Morgan fingerprint density at radius 1 is 1.35 bits per heavy atom. The summed E-state index contributed by atoms with van der Waals surface area (Å²) in [6.07, 6.45) is 1.99. The minimum Gasteiger partial charge on any atom is -0.378 e. The largest absolute Gasteiger partial charge is 0.378 e. The van der Waals surface area contributed by atoms with Crippen LogP contribution in [0.3, 0.4) is 0 Å². The number of nitrogens with one attached hydrogen (secondary N) is 1. The Morgan fingerprint density at radius 2 is 2.12 bits per heavy atom. The molecule has 0 bridgehead atoms. The highest BCUT2D eigenvalue weighted by molar-refractivity contribution is 5.35. The first-order valence-corrected chi connectivity index (χ1v) is 6.25. The van der Waals surface area contributed by atoms with Gasteiger partial charge in [0.25, 0.3) is 0 Å². The average Bonchev–Trinajstić information content (AvgIpc) is 2.25. The normalized spacial score (nSPS) is 10.9. The zero-order chi connectivity index (χ0) is 12.7. The molecule has 0 unspecified atom stereocenters. The molecule has 0 saturated carbocycles. The molecule has 4 heteroatoms. The average molecular weight is 237 g/mol. The molecule has 0 aromatic carbocycles. The van der Waals surface area contributed by atoms with Crippen molar-refractivity contribution in [1.82, 2.24) is 9.97 Å². The molecule has 0 amide bonds. The number of ether oxygens (including phenoxy) is 1. The molecule has 0 fully saturated rings. The van der Waals surface area contributed by atoms with Crippen LogP contribution in [-0.4, -0.2) is 23.6 Å². The van der Waals surface area contributed by atoms with E-state index in [1.54, 1.807) is 7.11 Å². The molecule has 17 heavy (non-hydrogen) atoms. The van der Waals surface area contributed by atoms with Gasteiger partial charge in [-0.25, -0.2) is 9.97 Å².